The molecular formula is C12H10N2O2S. The van der Waals surface area contributed by atoms with Crippen molar-refractivity contribution in [2.24, 2.45) is 0 Å². The Hall–Kier alpha value is -2.01. The molecule has 0 bridgehead atoms. The first-order chi connectivity index (χ1) is 8.24. The molecule has 2 aromatic heterocycles. The summed E-state index contributed by atoms with van der Waals surface area (Å²) in [5, 5.41) is 3.99. The fourth-order valence-corrected chi connectivity index (χ4v) is 2.45. The molecule has 17 heavy (non-hydrogen) atoms. The minimum atomic E-state index is -0.350. The third-order valence-corrected chi connectivity index (χ3v) is 3.34. The summed E-state index contributed by atoms with van der Waals surface area (Å²) in [7, 11) is 0. The zero-order valence-electron chi connectivity index (χ0n) is 8.92. The van der Waals surface area contributed by atoms with Crippen molar-refractivity contribution in [2.75, 3.05) is 5.73 Å². The minimum Gasteiger partial charge on any atom is -0.408 e. The molecule has 0 aliphatic heterocycles. The third-order valence-electron chi connectivity index (χ3n) is 2.61. The van der Waals surface area contributed by atoms with Crippen LogP contribution in [-0.4, -0.2) is 4.57 Å². The Kier molecular flexibility index (Phi) is 2.26. The molecule has 0 saturated heterocycles. The number of rotatable bonds is 2. The van der Waals surface area contributed by atoms with Crippen LogP contribution in [0.5, 0.6) is 0 Å². The van der Waals surface area contributed by atoms with Crippen molar-refractivity contribution in [1.29, 1.82) is 0 Å². The maximum atomic E-state index is 11.7. The Morgan fingerprint density at radius 1 is 1.35 bits per heavy atom. The Bertz CT molecular complexity index is 710. The first-order valence-electron chi connectivity index (χ1n) is 5.14. The van der Waals surface area contributed by atoms with E-state index in [9.17, 15) is 4.79 Å². The Morgan fingerprint density at radius 2 is 2.24 bits per heavy atom. The van der Waals surface area contributed by atoms with Gasteiger partial charge in [0.15, 0.2) is 5.58 Å². The Labute approximate surface area is 101 Å². The molecule has 3 rings (SSSR count). The fourth-order valence-electron chi connectivity index (χ4n) is 1.79. The van der Waals surface area contributed by atoms with Gasteiger partial charge >= 0.3 is 5.76 Å². The second-order valence-corrected chi connectivity index (χ2v) is 4.59. The van der Waals surface area contributed by atoms with Gasteiger partial charge in [-0.25, -0.2) is 4.79 Å². The van der Waals surface area contributed by atoms with Crippen molar-refractivity contribution in [3.8, 4) is 0 Å². The highest BCUT2D eigenvalue weighted by molar-refractivity contribution is 7.07. The minimum absolute atomic E-state index is 0.350. The SMILES string of the molecule is Nc1ccc2oc(=O)n(Cc3ccsc3)c2c1. The van der Waals surface area contributed by atoms with Crippen molar-refractivity contribution < 1.29 is 4.42 Å². The molecule has 1 aromatic carbocycles. The number of nitrogens with zero attached hydrogens (tertiary/aromatic N) is 1. The average molecular weight is 246 g/mol. The molecule has 0 radical (unpaired) electrons. The second-order valence-electron chi connectivity index (χ2n) is 3.81. The molecule has 0 aliphatic carbocycles. The summed E-state index contributed by atoms with van der Waals surface area (Å²) in [4.78, 5) is 11.7. The van der Waals surface area contributed by atoms with Gasteiger partial charge in [-0.15, -0.1) is 0 Å². The normalized spacial score (nSPS) is 11.1. The molecule has 3 aromatic rings. The highest BCUT2D eigenvalue weighted by atomic mass is 32.1. The van der Waals surface area contributed by atoms with Crippen LogP contribution in [0, 0.1) is 0 Å². The average Bonchev–Trinajstić information content (AvgIpc) is 2.90. The first kappa shape index (κ1) is 10.2. The van der Waals surface area contributed by atoms with Crippen molar-refractivity contribution >= 4 is 28.1 Å². The van der Waals surface area contributed by atoms with Gasteiger partial charge in [0.1, 0.15) is 0 Å². The number of anilines is 1. The summed E-state index contributed by atoms with van der Waals surface area (Å²) in [5.74, 6) is -0.350. The number of thiophene rings is 1. The zero-order chi connectivity index (χ0) is 11.8. The molecule has 2 heterocycles. The van der Waals surface area contributed by atoms with E-state index in [0.717, 1.165) is 11.1 Å². The van der Waals surface area contributed by atoms with Crippen LogP contribution in [0.25, 0.3) is 11.1 Å². The van der Waals surface area contributed by atoms with Crippen molar-refractivity contribution in [1.82, 2.24) is 4.57 Å². The van der Waals surface area contributed by atoms with Gasteiger partial charge in [0, 0.05) is 5.69 Å². The predicted molar refractivity (Wildman–Crippen MR) is 68.3 cm³/mol. The Morgan fingerprint density at radius 3 is 3.00 bits per heavy atom. The zero-order valence-corrected chi connectivity index (χ0v) is 9.74. The third kappa shape index (κ3) is 1.74. The van der Waals surface area contributed by atoms with E-state index in [4.69, 9.17) is 10.2 Å². The van der Waals surface area contributed by atoms with Crippen LogP contribution in [0.2, 0.25) is 0 Å². The molecule has 0 fully saturated rings. The van der Waals surface area contributed by atoms with E-state index in [2.05, 4.69) is 0 Å². The number of hydrogen-bond donors (Lipinski definition) is 1. The van der Waals surface area contributed by atoms with E-state index < -0.39 is 0 Å². The molecule has 0 amide bonds. The summed E-state index contributed by atoms with van der Waals surface area (Å²) in [6.07, 6.45) is 0. The van der Waals surface area contributed by atoms with Crippen LogP contribution < -0.4 is 11.5 Å². The van der Waals surface area contributed by atoms with Crippen molar-refractivity contribution in [3.05, 3.63) is 51.1 Å². The molecule has 0 saturated carbocycles. The van der Waals surface area contributed by atoms with Gasteiger partial charge in [0.05, 0.1) is 12.1 Å². The smallest absolute Gasteiger partial charge is 0.408 e. The van der Waals surface area contributed by atoms with E-state index in [1.807, 2.05) is 16.8 Å². The van der Waals surface area contributed by atoms with Crippen molar-refractivity contribution in [3.63, 3.8) is 0 Å². The van der Waals surface area contributed by atoms with Gasteiger partial charge in [-0.05, 0) is 40.6 Å². The summed E-state index contributed by atoms with van der Waals surface area (Å²) in [6.45, 7) is 0.513. The number of oxazole rings is 1. The number of fused-ring (bicyclic) bond motifs is 1. The lowest BCUT2D eigenvalue weighted by Gasteiger charge is -2.00. The van der Waals surface area contributed by atoms with Gasteiger partial charge in [0.25, 0.3) is 0 Å². The molecule has 0 atom stereocenters. The van der Waals surface area contributed by atoms with Crippen LogP contribution in [0.1, 0.15) is 5.56 Å². The topological polar surface area (TPSA) is 61.2 Å². The summed E-state index contributed by atoms with van der Waals surface area (Å²) < 4.78 is 6.75. The molecular weight excluding hydrogens is 236 g/mol. The number of hydrogen-bond acceptors (Lipinski definition) is 4. The standard InChI is InChI=1S/C12H10N2O2S/c13-9-1-2-11-10(5-9)14(12(15)16-11)6-8-3-4-17-7-8/h1-5,7H,6,13H2. The van der Waals surface area contributed by atoms with Gasteiger partial charge in [-0.2, -0.15) is 11.3 Å². The maximum absolute atomic E-state index is 11.7. The van der Waals surface area contributed by atoms with Gasteiger partial charge in [-0.1, -0.05) is 0 Å². The van der Waals surface area contributed by atoms with Crippen LogP contribution in [0.3, 0.4) is 0 Å². The predicted octanol–water partition coefficient (Wildman–Crippen LogP) is 2.29. The molecule has 4 nitrogen and oxygen atoms in total. The highest BCUT2D eigenvalue weighted by Crippen LogP contribution is 2.18. The lowest BCUT2D eigenvalue weighted by molar-refractivity contribution is 0.518. The quantitative estimate of drug-likeness (QED) is 0.706. The lowest BCUT2D eigenvalue weighted by atomic mass is 10.2. The van der Waals surface area contributed by atoms with Gasteiger partial charge < -0.3 is 10.2 Å². The highest BCUT2D eigenvalue weighted by Gasteiger charge is 2.09. The van der Waals surface area contributed by atoms with Crippen LogP contribution in [0.4, 0.5) is 5.69 Å². The molecule has 2 N–H and O–H groups in total. The number of nitrogen functional groups attached to an aromatic ring is 1. The Balaban J connectivity index is 2.17. The van der Waals surface area contributed by atoms with Crippen LogP contribution in [-0.2, 0) is 6.54 Å². The number of benzene rings is 1. The number of nitrogens with two attached hydrogens (primary N) is 1. The summed E-state index contributed by atoms with van der Waals surface area (Å²) in [5.41, 5.74) is 8.73. The second kappa shape index (κ2) is 3.78. The van der Waals surface area contributed by atoms with E-state index >= 15 is 0 Å². The van der Waals surface area contributed by atoms with Crippen LogP contribution >= 0.6 is 11.3 Å². The molecule has 5 heteroatoms. The molecule has 0 aliphatic rings. The summed E-state index contributed by atoms with van der Waals surface area (Å²) >= 11 is 1.61. The van der Waals surface area contributed by atoms with E-state index in [0.29, 0.717) is 17.8 Å². The maximum Gasteiger partial charge on any atom is 0.420 e. The monoisotopic (exact) mass is 246 g/mol. The van der Waals surface area contributed by atoms with E-state index in [1.54, 1.807) is 34.1 Å². The van der Waals surface area contributed by atoms with Crippen LogP contribution in [0.15, 0.2) is 44.2 Å². The van der Waals surface area contributed by atoms with Gasteiger partial charge in [0.2, 0.25) is 0 Å². The van der Waals surface area contributed by atoms with E-state index in [1.165, 1.54) is 0 Å². The fraction of sp³-hybridized carbons (Fsp3) is 0.0833. The number of aromatic nitrogens is 1. The first-order valence-corrected chi connectivity index (χ1v) is 6.08. The van der Waals surface area contributed by atoms with Gasteiger partial charge in [-0.3, -0.25) is 4.57 Å². The van der Waals surface area contributed by atoms with E-state index in [-0.39, 0.29) is 5.76 Å². The largest absolute Gasteiger partial charge is 0.420 e. The molecule has 86 valence electrons. The molecule has 0 spiro atoms. The summed E-state index contributed by atoms with van der Waals surface area (Å²) in [6, 6.07) is 7.19. The van der Waals surface area contributed by atoms with Crippen molar-refractivity contribution in [2.45, 2.75) is 6.54 Å². The molecule has 0 unspecified atom stereocenters. The lowest BCUT2D eigenvalue weighted by Crippen LogP contribution is -2.14.